The molecule has 1 aliphatic rings. The van der Waals surface area contributed by atoms with Gasteiger partial charge in [-0.15, -0.1) is 0 Å². The van der Waals surface area contributed by atoms with Crippen molar-refractivity contribution in [1.29, 1.82) is 0 Å². The number of rotatable bonds is 5. The van der Waals surface area contributed by atoms with Gasteiger partial charge in [0.25, 0.3) is 5.91 Å². The van der Waals surface area contributed by atoms with Gasteiger partial charge in [-0.3, -0.25) is 9.69 Å². The first kappa shape index (κ1) is 15.7. The molecule has 1 aliphatic heterocycles. The summed E-state index contributed by atoms with van der Waals surface area (Å²) in [5.74, 6) is -1.28. The summed E-state index contributed by atoms with van der Waals surface area (Å²) < 4.78 is 0.470. The molecule has 0 bridgehead atoms. The average molecular weight is 320 g/mol. The van der Waals surface area contributed by atoms with E-state index in [0.29, 0.717) is 22.2 Å². The van der Waals surface area contributed by atoms with Crippen LogP contribution in [0.2, 0.25) is 0 Å². The fourth-order valence-electron chi connectivity index (χ4n) is 1.99. The van der Waals surface area contributed by atoms with Crippen molar-refractivity contribution in [3.63, 3.8) is 0 Å². The van der Waals surface area contributed by atoms with Gasteiger partial charge in [-0.25, -0.2) is 0 Å². The second-order valence-corrected chi connectivity index (χ2v) is 6.40. The van der Waals surface area contributed by atoms with Crippen LogP contribution in [0.25, 0.3) is 6.08 Å². The van der Waals surface area contributed by atoms with Crippen LogP contribution in [-0.4, -0.2) is 27.6 Å². The fourth-order valence-corrected chi connectivity index (χ4v) is 3.29. The molecule has 1 fully saturated rings. The van der Waals surface area contributed by atoms with Crippen LogP contribution in [0.1, 0.15) is 24.0 Å². The smallest absolute Gasteiger partial charge is 0.266 e. The fraction of sp³-hybridized carbons (Fsp3) is 0.267. The number of thioether (sulfide) groups is 1. The standard InChI is InChI=1S/C15H15NO3S2/c1-10-4-2-5-11(8-10)9-12-14(19)16(15(20)21-12)7-3-6-13(17)18/h2,4-5,8-9H,3,6-7H2,1H3,(H,17,18)/p-1/b12-9-. The van der Waals surface area contributed by atoms with E-state index in [1.165, 1.54) is 16.7 Å². The number of hydrogen-bond acceptors (Lipinski definition) is 5. The lowest BCUT2D eigenvalue weighted by Crippen LogP contribution is -2.30. The summed E-state index contributed by atoms with van der Waals surface area (Å²) in [5.41, 5.74) is 2.07. The van der Waals surface area contributed by atoms with Crippen LogP contribution < -0.4 is 5.11 Å². The number of aryl methyl sites for hydroxylation is 1. The predicted octanol–water partition coefficient (Wildman–Crippen LogP) is 1.73. The minimum absolute atomic E-state index is 0.0754. The van der Waals surface area contributed by atoms with Crippen molar-refractivity contribution in [2.75, 3.05) is 6.54 Å². The van der Waals surface area contributed by atoms with Crippen LogP contribution in [0.3, 0.4) is 0 Å². The molecule has 6 heteroatoms. The maximum Gasteiger partial charge on any atom is 0.266 e. The average Bonchev–Trinajstić information content (AvgIpc) is 2.66. The second-order valence-electron chi connectivity index (χ2n) is 4.72. The van der Waals surface area contributed by atoms with Gasteiger partial charge in [0, 0.05) is 12.5 Å². The zero-order valence-electron chi connectivity index (χ0n) is 11.5. The minimum Gasteiger partial charge on any atom is -0.550 e. The van der Waals surface area contributed by atoms with E-state index in [9.17, 15) is 14.7 Å². The summed E-state index contributed by atoms with van der Waals surface area (Å²) >= 11 is 6.43. The third-order valence-corrected chi connectivity index (χ3v) is 4.35. The predicted molar refractivity (Wildman–Crippen MR) is 85.3 cm³/mol. The first-order chi connectivity index (χ1) is 9.97. The first-order valence-electron chi connectivity index (χ1n) is 6.49. The Balaban J connectivity index is 2.08. The Morgan fingerprint density at radius 1 is 1.48 bits per heavy atom. The van der Waals surface area contributed by atoms with Crippen LogP contribution in [-0.2, 0) is 9.59 Å². The lowest BCUT2D eigenvalue weighted by molar-refractivity contribution is -0.305. The van der Waals surface area contributed by atoms with Crippen LogP contribution in [0.15, 0.2) is 29.2 Å². The monoisotopic (exact) mass is 320 g/mol. The van der Waals surface area contributed by atoms with Crippen molar-refractivity contribution in [2.24, 2.45) is 0 Å². The number of carbonyl (C=O) groups is 2. The summed E-state index contributed by atoms with van der Waals surface area (Å²) in [6.07, 6.45) is 2.07. The van der Waals surface area contributed by atoms with E-state index < -0.39 is 5.97 Å². The van der Waals surface area contributed by atoms with Gasteiger partial charge in [-0.05, 0) is 31.4 Å². The number of thiocarbonyl (C=S) groups is 1. The van der Waals surface area contributed by atoms with Gasteiger partial charge in [0.2, 0.25) is 0 Å². The van der Waals surface area contributed by atoms with Crippen molar-refractivity contribution in [3.8, 4) is 0 Å². The highest BCUT2D eigenvalue weighted by Crippen LogP contribution is 2.32. The zero-order chi connectivity index (χ0) is 15.4. The zero-order valence-corrected chi connectivity index (χ0v) is 13.1. The molecule has 0 aliphatic carbocycles. The van der Waals surface area contributed by atoms with Crippen molar-refractivity contribution in [3.05, 3.63) is 40.3 Å². The van der Waals surface area contributed by atoms with Crippen LogP contribution in [0, 0.1) is 6.92 Å². The number of carboxylic acids is 1. The summed E-state index contributed by atoms with van der Waals surface area (Å²) in [6, 6.07) is 7.84. The Bertz CT molecular complexity index is 625. The number of nitrogens with zero attached hydrogens (tertiary/aromatic N) is 1. The molecular formula is C15H14NO3S2-. The maximum absolute atomic E-state index is 12.3. The van der Waals surface area contributed by atoms with E-state index >= 15 is 0 Å². The number of amides is 1. The first-order valence-corrected chi connectivity index (χ1v) is 7.72. The van der Waals surface area contributed by atoms with Gasteiger partial charge in [0.05, 0.1) is 4.91 Å². The molecule has 21 heavy (non-hydrogen) atoms. The highest BCUT2D eigenvalue weighted by atomic mass is 32.2. The number of hydrogen-bond donors (Lipinski definition) is 0. The largest absolute Gasteiger partial charge is 0.550 e. The molecule has 1 amide bonds. The maximum atomic E-state index is 12.3. The van der Waals surface area contributed by atoms with E-state index in [0.717, 1.165) is 11.1 Å². The molecular weight excluding hydrogens is 306 g/mol. The van der Waals surface area contributed by atoms with E-state index in [-0.39, 0.29) is 12.3 Å². The lowest BCUT2D eigenvalue weighted by atomic mass is 10.1. The Morgan fingerprint density at radius 2 is 2.24 bits per heavy atom. The van der Waals surface area contributed by atoms with Gasteiger partial charge in [0.1, 0.15) is 4.32 Å². The highest BCUT2D eigenvalue weighted by Gasteiger charge is 2.31. The van der Waals surface area contributed by atoms with E-state index in [1.54, 1.807) is 0 Å². The van der Waals surface area contributed by atoms with Crippen molar-refractivity contribution in [2.45, 2.75) is 19.8 Å². The van der Waals surface area contributed by atoms with Gasteiger partial charge in [0.15, 0.2) is 0 Å². The van der Waals surface area contributed by atoms with E-state index in [4.69, 9.17) is 12.2 Å². The topological polar surface area (TPSA) is 60.4 Å². The number of benzene rings is 1. The van der Waals surface area contributed by atoms with E-state index in [2.05, 4.69) is 0 Å². The van der Waals surface area contributed by atoms with Gasteiger partial charge in [-0.2, -0.15) is 0 Å². The second kappa shape index (κ2) is 6.87. The molecule has 4 nitrogen and oxygen atoms in total. The Hall–Kier alpha value is -1.66. The molecule has 0 radical (unpaired) electrons. The van der Waals surface area contributed by atoms with Crippen LogP contribution in [0.4, 0.5) is 0 Å². The van der Waals surface area contributed by atoms with Gasteiger partial charge < -0.3 is 9.90 Å². The molecule has 1 aromatic carbocycles. The highest BCUT2D eigenvalue weighted by molar-refractivity contribution is 8.26. The van der Waals surface area contributed by atoms with Crippen molar-refractivity contribution < 1.29 is 14.7 Å². The Labute approximate surface area is 132 Å². The molecule has 0 N–H and O–H groups in total. The molecule has 1 heterocycles. The number of carboxylic acid groups (broad SMARTS) is 1. The molecule has 110 valence electrons. The molecule has 1 saturated heterocycles. The number of aliphatic carboxylic acids is 1. The van der Waals surface area contributed by atoms with Crippen molar-refractivity contribution in [1.82, 2.24) is 4.90 Å². The molecule has 2 rings (SSSR count). The molecule has 0 atom stereocenters. The van der Waals surface area contributed by atoms with E-state index in [1.807, 2.05) is 37.3 Å². The summed E-state index contributed by atoms with van der Waals surface area (Å²) in [6.45, 7) is 2.30. The van der Waals surface area contributed by atoms with Crippen LogP contribution >= 0.6 is 24.0 Å². The summed E-state index contributed by atoms with van der Waals surface area (Å²) in [4.78, 5) is 24.7. The normalized spacial score (nSPS) is 16.8. The molecule has 0 aromatic heterocycles. The molecule has 0 spiro atoms. The minimum atomic E-state index is -1.12. The SMILES string of the molecule is Cc1cccc(/C=C2\SC(=S)N(CCCC(=O)[O-])C2=O)c1. The van der Waals surface area contributed by atoms with Gasteiger partial charge in [-0.1, -0.05) is 53.8 Å². The third-order valence-electron chi connectivity index (χ3n) is 2.98. The van der Waals surface area contributed by atoms with Crippen molar-refractivity contribution >= 4 is 46.3 Å². The van der Waals surface area contributed by atoms with Gasteiger partial charge >= 0.3 is 0 Å². The quantitative estimate of drug-likeness (QED) is 0.611. The Kier molecular flexibility index (Phi) is 5.14. The Morgan fingerprint density at radius 3 is 2.90 bits per heavy atom. The molecule has 0 saturated carbocycles. The summed E-state index contributed by atoms with van der Waals surface area (Å²) in [5, 5.41) is 10.4. The summed E-state index contributed by atoms with van der Waals surface area (Å²) in [7, 11) is 0. The molecule has 1 aromatic rings. The molecule has 0 unspecified atom stereocenters. The third kappa shape index (κ3) is 4.15. The van der Waals surface area contributed by atoms with Crippen LogP contribution in [0.5, 0.6) is 0 Å². The lowest BCUT2D eigenvalue weighted by Gasteiger charge is -2.14. The number of carbonyl (C=O) groups excluding carboxylic acids is 2.